The molecule has 0 aliphatic carbocycles. The number of benzene rings is 2. The Kier molecular flexibility index (Phi) is 6.76. The predicted molar refractivity (Wildman–Crippen MR) is 108 cm³/mol. The van der Waals surface area contributed by atoms with Crippen molar-refractivity contribution in [1.82, 2.24) is 10.2 Å². The highest BCUT2D eigenvalue weighted by atomic mass is 16.5. The molecule has 2 aromatic carbocycles. The molecular formula is C22H28N2O4. The van der Waals surface area contributed by atoms with Crippen LogP contribution in [-0.4, -0.2) is 45.2 Å². The SMILES string of the molecule is COc1ccc(CNC(=O)CN2CCC[C@@H]2c2cc(OC)ccc2OC)cc1. The first kappa shape index (κ1) is 20.0. The maximum Gasteiger partial charge on any atom is 0.234 e. The van der Waals surface area contributed by atoms with Crippen molar-refractivity contribution in [2.24, 2.45) is 0 Å². The second-order valence-corrected chi connectivity index (χ2v) is 6.86. The van der Waals surface area contributed by atoms with Gasteiger partial charge in [-0.1, -0.05) is 12.1 Å². The molecule has 28 heavy (non-hydrogen) atoms. The van der Waals surface area contributed by atoms with E-state index in [0.29, 0.717) is 13.1 Å². The first-order chi connectivity index (χ1) is 13.6. The fraction of sp³-hybridized carbons (Fsp3) is 0.409. The van der Waals surface area contributed by atoms with Crippen LogP contribution in [0.25, 0.3) is 0 Å². The van der Waals surface area contributed by atoms with E-state index in [1.54, 1.807) is 21.3 Å². The van der Waals surface area contributed by atoms with Gasteiger partial charge in [-0.05, 0) is 55.3 Å². The molecule has 1 N–H and O–H groups in total. The van der Waals surface area contributed by atoms with Crippen molar-refractivity contribution >= 4 is 5.91 Å². The van der Waals surface area contributed by atoms with Gasteiger partial charge in [-0.25, -0.2) is 0 Å². The number of nitrogens with zero attached hydrogens (tertiary/aromatic N) is 1. The average molecular weight is 384 g/mol. The van der Waals surface area contributed by atoms with Crippen LogP contribution in [-0.2, 0) is 11.3 Å². The standard InChI is InChI=1S/C22H28N2O4/c1-26-17-8-6-16(7-9-17)14-23-22(25)15-24-12-4-5-20(24)19-13-18(27-2)10-11-21(19)28-3/h6-11,13,20H,4-5,12,14-15H2,1-3H3,(H,23,25)/t20-/m1/s1. The molecule has 6 nitrogen and oxygen atoms in total. The highest BCUT2D eigenvalue weighted by Gasteiger charge is 2.30. The van der Waals surface area contributed by atoms with E-state index in [0.717, 1.165) is 47.8 Å². The largest absolute Gasteiger partial charge is 0.497 e. The Morgan fingerprint density at radius 1 is 1.04 bits per heavy atom. The van der Waals surface area contributed by atoms with Crippen LogP contribution >= 0.6 is 0 Å². The maximum atomic E-state index is 12.5. The van der Waals surface area contributed by atoms with Crippen molar-refractivity contribution in [1.29, 1.82) is 0 Å². The Balaban J connectivity index is 1.62. The van der Waals surface area contributed by atoms with E-state index in [1.165, 1.54) is 0 Å². The summed E-state index contributed by atoms with van der Waals surface area (Å²) in [5.41, 5.74) is 2.11. The Bertz CT molecular complexity index is 792. The van der Waals surface area contributed by atoms with Crippen molar-refractivity contribution in [3.63, 3.8) is 0 Å². The Morgan fingerprint density at radius 2 is 1.75 bits per heavy atom. The highest BCUT2D eigenvalue weighted by Crippen LogP contribution is 2.38. The van der Waals surface area contributed by atoms with Crippen molar-refractivity contribution in [3.8, 4) is 17.2 Å². The Hall–Kier alpha value is -2.73. The Labute approximate surface area is 166 Å². The van der Waals surface area contributed by atoms with E-state index >= 15 is 0 Å². The summed E-state index contributed by atoms with van der Waals surface area (Å²) in [7, 11) is 4.97. The molecule has 3 rings (SSSR count). The van der Waals surface area contributed by atoms with Crippen LogP contribution in [0.2, 0.25) is 0 Å². The van der Waals surface area contributed by atoms with Gasteiger partial charge in [0.15, 0.2) is 0 Å². The summed E-state index contributed by atoms with van der Waals surface area (Å²) in [4.78, 5) is 14.7. The summed E-state index contributed by atoms with van der Waals surface area (Å²) >= 11 is 0. The lowest BCUT2D eigenvalue weighted by atomic mass is 10.0. The van der Waals surface area contributed by atoms with E-state index in [2.05, 4.69) is 10.2 Å². The summed E-state index contributed by atoms with van der Waals surface area (Å²) in [6.07, 6.45) is 2.05. The molecule has 1 aliphatic rings. The highest BCUT2D eigenvalue weighted by molar-refractivity contribution is 5.78. The van der Waals surface area contributed by atoms with Gasteiger partial charge in [0.25, 0.3) is 0 Å². The maximum absolute atomic E-state index is 12.5. The lowest BCUT2D eigenvalue weighted by Crippen LogP contribution is -2.36. The number of hydrogen-bond acceptors (Lipinski definition) is 5. The van der Waals surface area contributed by atoms with Crippen LogP contribution in [0, 0.1) is 0 Å². The monoisotopic (exact) mass is 384 g/mol. The molecule has 1 aliphatic heterocycles. The third-order valence-corrected chi connectivity index (χ3v) is 5.15. The minimum absolute atomic E-state index is 0.0181. The molecule has 150 valence electrons. The van der Waals surface area contributed by atoms with Crippen LogP contribution in [0.1, 0.15) is 30.0 Å². The van der Waals surface area contributed by atoms with E-state index in [9.17, 15) is 4.79 Å². The fourth-order valence-electron chi connectivity index (χ4n) is 3.65. The van der Waals surface area contributed by atoms with Crippen LogP contribution < -0.4 is 19.5 Å². The second-order valence-electron chi connectivity index (χ2n) is 6.86. The number of ether oxygens (including phenoxy) is 3. The molecule has 1 fully saturated rings. The van der Waals surface area contributed by atoms with Gasteiger partial charge >= 0.3 is 0 Å². The molecule has 2 aromatic rings. The molecular weight excluding hydrogens is 356 g/mol. The zero-order chi connectivity index (χ0) is 19.9. The number of methoxy groups -OCH3 is 3. The van der Waals surface area contributed by atoms with Gasteiger partial charge in [-0.2, -0.15) is 0 Å². The second kappa shape index (κ2) is 9.46. The number of nitrogens with one attached hydrogen (secondary N) is 1. The molecule has 1 heterocycles. The van der Waals surface area contributed by atoms with Crippen molar-refractivity contribution < 1.29 is 19.0 Å². The number of rotatable bonds is 8. The number of carbonyl (C=O) groups is 1. The summed E-state index contributed by atoms with van der Waals surface area (Å²) in [5, 5.41) is 3.01. The molecule has 0 spiro atoms. The van der Waals surface area contributed by atoms with Gasteiger partial charge in [-0.15, -0.1) is 0 Å². The van der Waals surface area contributed by atoms with Gasteiger partial charge in [0.1, 0.15) is 17.2 Å². The van der Waals surface area contributed by atoms with Gasteiger partial charge in [0.05, 0.1) is 27.9 Å². The van der Waals surface area contributed by atoms with Crippen LogP contribution in [0.3, 0.4) is 0 Å². The van der Waals surface area contributed by atoms with Gasteiger partial charge in [0, 0.05) is 18.2 Å². The van der Waals surface area contributed by atoms with E-state index in [4.69, 9.17) is 14.2 Å². The third kappa shape index (κ3) is 4.75. The summed E-state index contributed by atoms with van der Waals surface area (Å²) in [5.74, 6) is 2.45. The number of carbonyl (C=O) groups excluding carboxylic acids is 1. The Morgan fingerprint density at radius 3 is 2.43 bits per heavy atom. The summed E-state index contributed by atoms with van der Waals surface area (Å²) in [6, 6.07) is 13.7. The summed E-state index contributed by atoms with van der Waals surface area (Å²) < 4.78 is 16.1. The molecule has 0 saturated carbocycles. The number of amides is 1. The van der Waals surface area contributed by atoms with Crippen LogP contribution in [0.15, 0.2) is 42.5 Å². The lowest BCUT2D eigenvalue weighted by Gasteiger charge is -2.26. The molecule has 1 amide bonds. The predicted octanol–water partition coefficient (Wildman–Crippen LogP) is 3.17. The molecule has 0 aromatic heterocycles. The van der Waals surface area contributed by atoms with Crippen molar-refractivity contribution in [3.05, 3.63) is 53.6 Å². The van der Waals surface area contributed by atoms with E-state index in [1.807, 2.05) is 42.5 Å². The fourth-order valence-corrected chi connectivity index (χ4v) is 3.65. The zero-order valence-electron chi connectivity index (χ0n) is 16.7. The number of likely N-dealkylation sites (tertiary alicyclic amines) is 1. The molecule has 6 heteroatoms. The lowest BCUT2D eigenvalue weighted by molar-refractivity contribution is -0.122. The van der Waals surface area contributed by atoms with Crippen LogP contribution in [0.4, 0.5) is 0 Å². The van der Waals surface area contributed by atoms with Gasteiger partial charge < -0.3 is 19.5 Å². The van der Waals surface area contributed by atoms with E-state index < -0.39 is 0 Å². The first-order valence-electron chi connectivity index (χ1n) is 9.50. The smallest absolute Gasteiger partial charge is 0.234 e. The van der Waals surface area contributed by atoms with Gasteiger partial charge in [-0.3, -0.25) is 9.69 Å². The molecule has 1 atom stereocenters. The quantitative estimate of drug-likeness (QED) is 0.758. The minimum atomic E-state index is 0.0181. The van der Waals surface area contributed by atoms with Crippen LogP contribution in [0.5, 0.6) is 17.2 Å². The topological polar surface area (TPSA) is 60.0 Å². The average Bonchev–Trinajstić information content (AvgIpc) is 3.19. The molecule has 0 radical (unpaired) electrons. The zero-order valence-corrected chi connectivity index (χ0v) is 16.7. The van der Waals surface area contributed by atoms with Crippen molar-refractivity contribution in [2.45, 2.75) is 25.4 Å². The normalized spacial score (nSPS) is 16.6. The first-order valence-corrected chi connectivity index (χ1v) is 9.50. The molecule has 1 saturated heterocycles. The number of hydrogen-bond donors (Lipinski definition) is 1. The molecule has 0 unspecified atom stereocenters. The van der Waals surface area contributed by atoms with Crippen molar-refractivity contribution in [2.75, 3.05) is 34.4 Å². The third-order valence-electron chi connectivity index (χ3n) is 5.15. The van der Waals surface area contributed by atoms with E-state index in [-0.39, 0.29) is 11.9 Å². The minimum Gasteiger partial charge on any atom is -0.497 e. The summed E-state index contributed by atoms with van der Waals surface area (Å²) in [6.45, 7) is 1.76. The van der Waals surface area contributed by atoms with Gasteiger partial charge in [0.2, 0.25) is 5.91 Å². The molecule has 0 bridgehead atoms.